The second-order valence-corrected chi connectivity index (χ2v) is 5.33. The van der Waals surface area contributed by atoms with E-state index in [0.717, 1.165) is 32.4 Å². The van der Waals surface area contributed by atoms with Crippen LogP contribution in [0.5, 0.6) is 0 Å². The first kappa shape index (κ1) is 15.1. The standard InChI is InChI=1S/C15H16FN5O2/c16-11-4-6-12(7-5-11)19-14-13(21(22)23)15(18-10-17-14)20-8-2-1-3-9-20/h4-7,10H,1-3,8-9H2,(H,17,18,19). The average molecular weight is 317 g/mol. The number of anilines is 3. The summed E-state index contributed by atoms with van der Waals surface area (Å²) in [5.41, 5.74) is 0.372. The molecule has 8 heteroatoms. The molecule has 1 saturated heterocycles. The average Bonchev–Trinajstić information content (AvgIpc) is 2.57. The van der Waals surface area contributed by atoms with E-state index < -0.39 is 4.92 Å². The Morgan fingerprint density at radius 1 is 1.13 bits per heavy atom. The van der Waals surface area contributed by atoms with Crippen molar-refractivity contribution in [2.75, 3.05) is 23.3 Å². The van der Waals surface area contributed by atoms with E-state index in [2.05, 4.69) is 15.3 Å². The van der Waals surface area contributed by atoms with Gasteiger partial charge in [-0.15, -0.1) is 0 Å². The Balaban J connectivity index is 1.95. The molecule has 23 heavy (non-hydrogen) atoms. The Hall–Kier alpha value is -2.77. The quantitative estimate of drug-likeness (QED) is 0.688. The highest BCUT2D eigenvalue weighted by atomic mass is 19.1. The smallest absolute Gasteiger partial charge is 0.351 e. The second kappa shape index (κ2) is 6.55. The lowest BCUT2D eigenvalue weighted by Gasteiger charge is -2.27. The molecule has 1 aliphatic rings. The first-order chi connectivity index (χ1) is 11.1. The van der Waals surface area contributed by atoms with Gasteiger partial charge in [0.2, 0.25) is 11.6 Å². The number of nitro groups is 1. The summed E-state index contributed by atoms with van der Waals surface area (Å²) in [7, 11) is 0. The third-order valence-corrected chi connectivity index (χ3v) is 3.75. The van der Waals surface area contributed by atoms with Crippen molar-refractivity contribution in [1.29, 1.82) is 0 Å². The molecular formula is C15H16FN5O2. The summed E-state index contributed by atoms with van der Waals surface area (Å²) in [6, 6.07) is 5.56. The number of nitrogens with zero attached hydrogens (tertiary/aromatic N) is 4. The fourth-order valence-electron chi connectivity index (χ4n) is 2.64. The Bertz CT molecular complexity index is 702. The molecule has 0 spiro atoms. The summed E-state index contributed by atoms with van der Waals surface area (Å²) in [5.74, 6) is 0.0632. The van der Waals surface area contributed by atoms with Crippen molar-refractivity contribution in [3.8, 4) is 0 Å². The molecule has 0 saturated carbocycles. The van der Waals surface area contributed by atoms with Crippen LogP contribution in [-0.2, 0) is 0 Å². The van der Waals surface area contributed by atoms with Gasteiger partial charge in [-0.05, 0) is 43.5 Å². The maximum absolute atomic E-state index is 13.0. The van der Waals surface area contributed by atoms with Crippen LogP contribution in [0.4, 0.5) is 27.4 Å². The van der Waals surface area contributed by atoms with Gasteiger partial charge < -0.3 is 10.2 Å². The molecular weight excluding hydrogens is 301 g/mol. The molecule has 120 valence electrons. The molecule has 1 aromatic heterocycles. The number of halogens is 1. The van der Waals surface area contributed by atoms with Crippen molar-refractivity contribution in [2.45, 2.75) is 19.3 Å². The first-order valence-electron chi connectivity index (χ1n) is 7.42. The van der Waals surface area contributed by atoms with Gasteiger partial charge in [-0.25, -0.2) is 14.4 Å². The van der Waals surface area contributed by atoms with Gasteiger partial charge in [0.1, 0.15) is 12.1 Å². The lowest BCUT2D eigenvalue weighted by atomic mass is 10.1. The van der Waals surface area contributed by atoms with Crippen molar-refractivity contribution < 1.29 is 9.31 Å². The molecule has 2 aromatic rings. The van der Waals surface area contributed by atoms with Crippen LogP contribution in [0.3, 0.4) is 0 Å². The van der Waals surface area contributed by atoms with E-state index >= 15 is 0 Å². The van der Waals surface area contributed by atoms with Crippen LogP contribution >= 0.6 is 0 Å². The zero-order valence-electron chi connectivity index (χ0n) is 12.4. The van der Waals surface area contributed by atoms with Crippen LogP contribution in [-0.4, -0.2) is 28.0 Å². The normalized spacial score (nSPS) is 14.6. The first-order valence-corrected chi connectivity index (χ1v) is 7.42. The lowest BCUT2D eigenvalue weighted by molar-refractivity contribution is -0.383. The molecule has 2 heterocycles. The molecule has 3 rings (SSSR count). The predicted octanol–water partition coefficient (Wildman–Crippen LogP) is 3.26. The van der Waals surface area contributed by atoms with Gasteiger partial charge in [0.15, 0.2) is 0 Å². The third-order valence-electron chi connectivity index (χ3n) is 3.75. The van der Waals surface area contributed by atoms with E-state index in [4.69, 9.17) is 0 Å². The number of benzene rings is 1. The Morgan fingerprint density at radius 3 is 2.48 bits per heavy atom. The summed E-state index contributed by atoms with van der Waals surface area (Å²) in [6.45, 7) is 1.49. The molecule has 1 aromatic carbocycles. The molecule has 1 fully saturated rings. The number of piperidine rings is 1. The van der Waals surface area contributed by atoms with Crippen molar-refractivity contribution in [2.24, 2.45) is 0 Å². The van der Waals surface area contributed by atoms with Gasteiger partial charge in [-0.1, -0.05) is 0 Å². The van der Waals surface area contributed by atoms with Crippen LogP contribution in [0.1, 0.15) is 19.3 Å². The van der Waals surface area contributed by atoms with Gasteiger partial charge in [0.05, 0.1) is 4.92 Å². The van der Waals surface area contributed by atoms with Gasteiger partial charge in [0.25, 0.3) is 0 Å². The number of hydrogen-bond acceptors (Lipinski definition) is 6. The molecule has 0 atom stereocenters. The lowest BCUT2D eigenvalue weighted by Crippen LogP contribution is -2.31. The van der Waals surface area contributed by atoms with Crippen molar-refractivity contribution >= 4 is 23.0 Å². The minimum atomic E-state index is -0.476. The van der Waals surface area contributed by atoms with E-state index in [0.29, 0.717) is 11.5 Å². The minimum Gasteiger partial charge on any atom is -0.351 e. The zero-order valence-corrected chi connectivity index (χ0v) is 12.4. The maximum atomic E-state index is 13.0. The van der Waals surface area contributed by atoms with E-state index in [1.807, 2.05) is 4.90 Å². The highest BCUT2D eigenvalue weighted by molar-refractivity contribution is 5.74. The molecule has 0 unspecified atom stereocenters. The van der Waals surface area contributed by atoms with Crippen LogP contribution in [0.25, 0.3) is 0 Å². The fourth-order valence-corrected chi connectivity index (χ4v) is 2.64. The van der Waals surface area contributed by atoms with Crippen molar-refractivity contribution in [3.63, 3.8) is 0 Å². The number of hydrogen-bond donors (Lipinski definition) is 1. The van der Waals surface area contributed by atoms with Crippen molar-refractivity contribution in [3.05, 3.63) is 46.5 Å². The molecule has 0 amide bonds. The Kier molecular flexibility index (Phi) is 4.31. The van der Waals surface area contributed by atoms with E-state index in [1.54, 1.807) is 0 Å². The summed E-state index contributed by atoms with van der Waals surface area (Å²) in [5, 5.41) is 14.4. The van der Waals surface area contributed by atoms with E-state index in [-0.39, 0.29) is 17.3 Å². The Morgan fingerprint density at radius 2 is 1.83 bits per heavy atom. The monoisotopic (exact) mass is 317 g/mol. The molecule has 1 aliphatic heterocycles. The van der Waals surface area contributed by atoms with Gasteiger partial charge in [-0.2, -0.15) is 0 Å². The number of rotatable bonds is 4. The molecule has 0 bridgehead atoms. The van der Waals surface area contributed by atoms with Gasteiger partial charge in [-0.3, -0.25) is 10.1 Å². The largest absolute Gasteiger partial charge is 0.353 e. The highest BCUT2D eigenvalue weighted by Gasteiger charge is 2.27. The summed E-state index contributed by atoms with van der Waals surface area (Å²) < 4.78 is 13.0. The zero-order chi connectivity index (χ0) is 16.2. The summed E-state index contributed by atoms with van der Waals surface area (Å²) >= 11 is 0. The van der Waals surface area contributed by atoms with Crippen LogP contribution in [0.2, 0.25) is 0 Å². The van der Waals surface area contributed by atoms with Crippen LogP contribution in [0, 0.1) is 15.9 Å². The maximum Gasteiger partial charge on any atom is 0.353 e. The van der Waals surface area contributed by atoms with Gasteiger partial charge >= 0.3 is 5.69 Å². The molecule has 7 nitrogen and oxygen atoms in total. The predicted molar refractivity (Wildman–Crippen MR) is 84.4 cm³/mol. The van der Waals surface area contributed by atoms with E-state index in [9.17, 15) is 14.5 Å². The SMILES string of the molecule is O=[N+]([O-])c1c(Nc2ccc(F)cc2)ncnc1N1CCCCC1. The summed E-state index contributed by atoms with van der Waals surface area (Å²) in [6.07, 6.45) is 4.41. The third kappa shape index (κ3) is 3.36. The molecule has 1 N–H and O–H groups in total. The molecule has 0 aliphatic carbocycles. The number of aromatic nitrogens is 2. The van der Waals surface area contributed by atoms with Crippen LogP contribution in [0.15, 0.2) is 30.6 Å². The topological polar surface area (TPSA) is 84.2 Å². The number of nitrogens with one attached hydrogen (secondary N) is 1. The van der Waals surface area contributed by atoms with Crippen molar-refractivity contribution in [1.82, 2.24) is 9.97 Å². The second-order valence-electron chi connectivity index (χ2n) is 5.33. The van der Waals surface area contributed by atoms with Gasteiger partial charge in [0, 0.05) is 18.8 Å². The minimum absolute atomic E-state index is 0.109. The summed E-state index contributed by atoms with van der Waals surface area (Å²) in [4.78, 5) is 21.1. The fraction of sp³-hybridized carbons (Fsp3) is 0.333. The highest BCUT2D eigenvalue weighted by Crippen LogP contribution is 2.34. The van der Waals surface area contributed by atoms with Crippen LogP contribution < -0.4 is 10.2 Å². The molecule has 0 radical (unpaired) electrons. The Labute approximate surface area is 132 Å². The van der Waals surface area contributed by atoms with E-state index in [1.165, 1.54) is 30.6 Å².